The molecular weight excluding hydrogens is 448 g/mol. The lowest BCUT2D eigenvalue weighted by molar-refractivity contribution is -0.402. The summed E-state index contributed by atoms with van der Waals surface area (Å²) in [7, 11) is 2.97. The van der Waals surface area contributed by atoms with Crippen molar-refractivity contribution >= 4 is 44.7 Å². The van der Waals surface area contributed by atoms with E-state index in [0.29, 0.717) is 22.1 Å². The highest BCUT2D eigenvalue weighted by Gasteiger charge is 2.23. The second-order valence-electron chi connectivity index (χ2n) is 6.86. The Balaban J connectivity index is 1.78. The predicted molar refractivity (Wildman–Crippen MR) is 124 cm³/mol. The summed E-state index contributed by atoms with van der Waals surface area (Å²) >= 11 is 1.29. The first-order valence-electron chi connectivity index (χ1n) is 9.61. The number of furan rings is 1. The molecule has 1 amide bonds. The third-order valence-electron chi connectivity index (χ3n) is 4.60. The van der Waals surface area contributed by atoms with Gasteiger partial charge in [-0.1, -0.05) is 17.4 Å². The van der Waals surface area contributed by atoms with Crippen LogP contribution in [0.2, 0.25) is 0 Å². The van der Waals surface area contributed by atoms with Gasteiger partial charge in [0, 0.05) is 11.6 Å². The Hall–Kier alpha value is -4.25. The number of thiazole rings is 1. The number of aryl methyl sites for hydroxylation is 1. The fraction of sp³-hybridized carbons (Fsp3) is 0.136. The number of aromatic nitrogens is 1. The van der Waals surface area contributed by atoms with Gasteiger partial charge in [0.15, 0.2) is 5.76 Å². The van der Waals surface area contributed by atoms with Gasteiger partial charge >= 0.3 is 5.88 Å². The molecule has 168 valence electrons. The minimum absolute atomic E-state index is 0.111. The smallest absolute Gasteiger partial charge is 0.433 e. The first-order chi connectivity index (χ1) is 15.9. The van der Waals surface area contributed by atoms with Crippen LogP contribution < -0.4 is 14.5 Å². The van der Waals surface area contributed by atoms with Crippen LogP contribution in [0.3, 0.4) is 0 Å². The average Bonchev–Trinajstić information content (AvgIpc) is 3.45. The standard InChI is InChI=1S/C22H18N4O6S/c1-13-4-6-18-19(8-13)33-22(24-18)25(23-12-15-5-7-20(32-15)26(28)29)21(27)14-9-16(30-2)11-17(10-14)31-3/h4-12H,1-3H3/b23-12+. The van der Waals surface area contributed by atoms with Crippen LogP contribution in [0.4, 0.5) is 11.0 Å². The zero-order chi connectivity index (χ0) is 23.5. The summed E-state index contributed by atoms with van der Waals surface area (Å²) in [6, 6.07) is 13.1. The molecule has 2 aromatic carbocycles. The van der Waals surface area contributed by atoms with Crippen molar-refractivity contribution in [3.05, 3.63) is 75.5 Å². The van der Waals surface area contributed by atoms with Gasteiger partial charge in [-0.2, -0.15) is 10.1 Å². The van der Waals surface area contributed by atoms with Crippen molar-refractivity contribution in [2.24, 2.45) is 5.10 Å². The quantitative estimate of drug-likeness (QED) is 0.218. The number of amides is 1. The van der Waals surface area contributed by atoms with Crippen molar-refractivity contribution in [3.63, 3.8) is 0 Å². The van der Waals surface area contributed by atoms with Crippen LogP contribution in [-0.2, 0) is 0 Å². The van der Waals surface area contributed by atoms with Crippen molar-refractivity contribution in [2.45, 2.75) is 6.92 Å². The summed E-state index contributed by atoms with van der Waals surface area (Å²) in [6.45, 7) is 1.96. The zero-order valence-corrected chi connectivity index (χ0v) is 18.7. The van der Waals surface area contributed by atoms with Crippen molar-refractivity contribution in [1.29, 1.82) is 0 Å². The molecule has 0 unspecified atom stereocenters. The van der Waals surface area contributed by atoms with Crippen LogP contribution >= 0.6 is 11.3 Å². The van der Waals surface area contributed by atoms with Crippen LogP contribution in [0.5, 0.6) is 11.5 Å². The van der Waals surface area contributed by atoms with Crippen LogP contribution in [0.15, 0.2) is 58.0 Å². The Bertz CT molecular complexity index is 1350. The van der Waals surface area contributed by atoms with E-state index in [9.17, 15) is 14.9 Å². The van der Waals surface area contributed by atoms with Gasteiger partial charge in [0.2, 0.25) is 5.13 Å². The van der Waals surface area contributed by atoms with Gasteiger partial charge in [0.25, 0.3) is 5.91 Å². The summed E-state index contributed by atoms with van der Waals surface area (Å²) in [5.41, 5.74) is 2.02. The van der Waals surface area contributed by atoms with Gasteiger partial charge in [-0.25, -0.2) is 4.98 Å². The highest BCUT2D eigenvalue weighted by Crippen LogP contribution is 2.32. The maximum Gasteiger partial charge on any atom is 0.433 e. The second-order valence-corrected chi connectivity index (χ2v) is 7.87. The average molecular weight is 466 g/mol. The second kappa shape index (κ2) is 9.09. The molecule has 0 spiro atoms. The maximum atomic E-state index is 13.5. The van der Waals surface area contributed by atoms with Crippen LogP contribution in [0, 0.1) is 17.0 Å². The third-order valence-corrected chi connectivity index (χ3v) is 5.59. The number of carbonyl (C=O) groups excluding carboxylic acids is 1. The summed E-state index contributed by atoms with van der Waals surface area (Å²) < 4.78 is 16.5. The van der Waals surface area contributed by atoms with Crippen molar-refractivity contribution < 1.29 is 23.6 Å². The summed E-state index contributed by atoms with van der Waals surface area (Å²) in [6.07, 6.45) is 1.22. The minimum Gasteiger partial charge on any atom is -0.497 e. The zero-order valence-electron chi connectivity index (χ0n) is 17.8. The lowest BCUT2D eigenvalue weighted by Crippen LogP contribution is -2.25. The number of hydrogen-bond acceptors (Lipinski definition) is 9. The van der Waals surface area contributed by atoms with E-state index in [1.165, 1.54) is 43.9 Å². The van der Waals surface area contributed by atoms with Gasteiger partial charge in [-0.3, -0.25) is 14.9 Å². The van der Waals surface area contributed by atoms with Crippen molar-refractivity contribution in [1.82, 2.24) is 4.98 Å². The number of nitro groups is 1. The Morgan fingerprint density at radius 1 is 1.15 bits per heavy atom. The van der Waals surface area contributed by atoms with E-state index in [2.05, 4.69) is 10.1 Å². The molecule has 0 radical (unpaired) electrons. The number of benzene rings is 2. The molecule has 2 aromatic heterocycles. The van der Waals surface area contributed by atoms with E-state index in [1.807, 2.05) is 25.1 Å². The van der Waals surface area contributed by atoms with E-state index in [0.717, 1.165) is 15.3 Å². The highest BCUT2D eigenvalue weighted by molar-refractivity contribution is 7.22. The van der Waals surface area contributed by atoms with E-state index in [1.54, 1.807) is 18.2 Å². The number of anilines is 1. The van der Waals surface area contributed by atoms with Gasteiger partial charge < -0.3 is 13.9 Å². The van der Waals surface area contributed by atoms with E-state index in [4.69, 9.17) is 13.9 Å². The molecule has 2 heterocycles. The largest absolute Gasteiger partial charge is 0.497 e. The lowest BCUT2D eigenvalue weighted by Gasteiger charge is -2.15. The first-order valence-corrected chi connectivity index (χ1v) is 10.4. The summed E-state index contributed by atoms with van der Waals surface area (Å²) in [5.74, 6) is 0.0497. The Morgan fingerprint density at radius 2 is 1.88 bits per heavy atom. The molecule has 11 heteroatoms. The topological polar surface area (TPSA) is 120 Å². The van der Waals surface area contributed by atoms with Crippen LogP contribution in [-0.4, -0.2) is 36.2 Å². The Morgan fingerprint density at radius 3 is 2.52 bits per heavy atom. The normalized spacial score (nSPS) is 11.1. The number of carbonyl (C=O) groups is 1. The molecule has 0 atom stereocenters. The van der Waals surface area contributed by atoms with Gasteiger partial charge in [-0.15, -0.1) is 0 Å². The molecule has 0 fully saturated rings. The summed E-state index contributed by atoms with van der Waals surface area (Å²) in [4.78, 5) is 28.3. The van der Waals surface area contributed by atoms with Gasteiger partial charge in [-0.05, 0) is 42.8 Å². The molecule has 0 saturated heterocycles. The maximum absolute atomic E-state index is 13.5. The van der Waals surface area contributed by atoms with E-state index >= 15 is 0 Å². The van der Waals surface area contributed by atoms with Gasteiger partial charge in [0.05, 0.1) is 36.7 Å². The van der Waals surface area contributed by atoms with E-state index in [-0.39, 0.29) is 11.3 Å². The number of ether oxygens (including phenoxy) is 2. The monoisotopic (exact) mass is 466 g/mol. The van der Waals surface area contributed by atoms with E-state index < -0.39 is 16.7 Å². The third kappa shape index (κ3) is 4.67. The Labute approximate surface area is 191 Å². The molecule has 0 saturated carbocycles. The molecule has 0 N–H and O–H groups in total. The molecule has 10 nitrogen and oxygen atoms in total. The van der Waals surface area contributed by atoms with Crippen molar-refractivity contribution in [2.75, 3.05) is 19.2 Å². The number of nitrogens with zero attached hydrogens (tertiary/aromatic N) is 4. The summed E-state index contributed by atoms with van der Waals surface area (Å²) in [5, 5.41) is 16.6. The number of methoxy groups -OCH3 is 2. The number of hydrazone groups is 1. The van der Waals surface area contributed by atoms with Crippen LogP contribution in [0.25, 0.3) is 10.2 Å². The van der Waals surface area contributed by atoms with Crippen molar-refractivity contribution in [3.8, 4) is 11.5 Å². The molecule has 0 aliphatic rings. The Kier molecular flexibility index (Phi) is 6.05. The minimum atomic E-state index is -0.654. The molecule has 4 rings (SSSR count). The molecule has 0 bridgehead atoms. The molecule has 0 aliphatic carbocycles. The fourth-order valence-electron chi connectivity index (χ4n) is 2.98. The van der Waals surface area contributed by atoms with Gasteiger partial charge in [0.1, 0.15) is 16.4 Å². The highest BCUT2D eigenvalue weighted by atomic mass is 32.1. The van der Waals surface area contributed by atoms with Crippen LogP contribution in [0.1, 0.15) is 21.7 Å². The number of fused-ring (bicyclic) bond motifs is 1. The number of rotatable bonds is 7. The predicted octanol–water partition coefficient (Wildman–Crippen LogP) is 4.80. The molecular formula is C22H18N4O6S. The first kappa shape index (κ1) is 22.0. The number of hydrogen-bond donors (Lipinski definition) is 0. The molecule has 33 heavy (non-hydrogen) atoms. The lowest BCUT2D eigenvalue weighted by atomic mass is 10.2. The fourth-order valence-corrected chi connectivity index (χ4v) is 4.00. The molecule has 0 aliphatic heterocycles. The SMILES string of the molecule is COc1cc(OC)cc(C(=O)N(/N=C/c2ccc([N+](=O)[O-])o2)c2nc3ccc(C)cc3s2)c1. The molecule has 4 aromatic rings.